The van der Waals surface area contributed by atoms with Gasteiger partial charge in [-0.3, -0.25) is 15.1 Å². The third-order valence-corrected chi connectivity index (χ3v) is 2.99. The number of fused-ring (bicyclic) bond motifs is 1. The van der Waals surface area contributed by atoms with Crippen LogP contribution in [-0.4, -0.2) is 26.5 Å². The smallest absolute Gasteiger partial charge is 0.328 e. The van der Waals surface area contributed by atoms with Crippen molar-refractivity contribution in [2.24, 2.45) is 0 Å². The number of carbonyl (C=O) groups is 1. The van der Waals surface area contributed by atoms with Crippen LogP contribution in [0, 0.1) is 15.9 Å². The van der Waals surface area contributed by atoms with Crippen LogP contribution in [0.1, 0.15) is 13.8 Å². The highest BCUT2D eigenvalue weighted by Crippen LogP contribution is 2.34. The fourth-order valence-electron chi connectivity index (χ4n) is 1.83. The minimum atomic E-state index is -1.46. The Morgan fingerprint density at radius 2 is 2.19 bits per heavy atom. The Morgan fingerprint density at radius 1 is 1.52 bits per heavy atom. The lowest BCUT2D eigenvalue weighted by Crippen LogP contribution is -2.40. The number of halogens is 1. The second kappa shape index (κ2) is 4.97. The molecule has 0 fully saturated rings. The van der Waals surface area contributed by atoms with Crippen LogP contribution in [0.15, 0.2) is 24.4 Å². The minimum absolute atomic E-state index is 0.0125. The summed E-state index contributed by atoms with van der Waals surface area (Å²) in [6, 6.07) is 3.67. The molecule has 0 radical (unpaired) electrons. The van der Waals surface area contributed by atoms with Gasteiger partial charge in [0.25, 0.3) is 5.69 Å². The van der Waals surface area contributed by atoms with Crippen molar-refractivity contribution in [3.8, 4) is 0 Å². The van der Waals surface area contributed by atoms with E-state index < -0.39 is 27.9 Å². The largest absolute Gasteiger partial charge is 0.480 e. The summed E-state index contributed by atoms with van der Waals surface area (Å²) in [4.78, 5) is 25.3. The number of benzene rings is 1. The molecule has 0 aliphatic carbocycles. The maximum Gasteiger partial charge on any atom is 0.328 e. The summed E-state index contributed by atoms with van der Waals surface area (Å²) < 4.78 is 14.1. The summed E-state index contributed by atoms with van der Waals surface area (Å²) in [7, 11) is 0. The lowest BCUT2D eigenvalue weighted by atomic mass is 10.0. The summed E-state index contributed by atoms with van der Waals surface area (Å²) in [5, 5.41) is 22.7. The Labute approximate surface area is 118 Å². The van der Waals surface area contributed by atoms with Crippen molar-refractivity contribution < 1.29 is 19.2 Å². The summed E-state index contributed by atoms with van der Waals surface area (Å²) in [6.07, 6.45) is 1.35. The van der Waals surface area contributed by atoms with Crippen LogP contribution in [0.25, 0.3) is 10.9 Å². The van der Waals surface area contributed by atoms with Crippen LogP contribution in [0.4, 0.5) is 15.8 Å². The molecule has 1 heterocycles. The van der Waals surface area contributed by atoms with Crippen molar-refractivity contribution in [2.75, 3.05) is 5.32 Å². The van der Waals surface area contributed by atoms with Crippen LogP contribution >= 0.6 is 0 Å². The first kappa shape index (κ1) is 14.6. The quantitative estimate of drug-likeness (QED) is 0.663. The zero-order chi connectivity index (χ0) is 15.8. The molecule has 0 aliphatic heterocycles. The molecule has 0 saturated carbocycles. The first-order valence-electron chi connectivity index (χ1n) is 5.97. The van der Waals surface area contributed by atoms with E-state index in [2.05, 4.69) is 10.3 Å². The average molecular weight is 293 g/mol. The minimum Gasteiger partial charge on any atom is -0.480 e. The van der Waals surface area contributed by atoms with Gasteiger partial charge in [0.05, 0.1) is 22.1 Å². The molecule has 7 nitrogen and oxygen atoms in total. The topological polar surface area (TPSA) is 105 Å². The summed E-state index contributed by atoms with van der Waals surface area (Å²) in [5.41, 5.74) is -2.04. The number of non-ortho nitro benzene ring substituents is 1. The third-order valence-electron chi connectivity index (χ3n) is 2.99. The van der Waals surface area contributed by atoms with Crippen molar-refractivity contribution in [3.63, 3.8) is 0 Å². The molecule has 110 valence electrons. The van der Waals surface area contributed by atoms with Gasteiger partial charge >= 0.3 is 5.97 Å². The number of anilines is 1. The van der Waals surface area contributed by atoms with E-state index in [-0.39, 0.29) is 16.6 Å². The molecule has 0 spiro atoms. The molecule has 0 bridgehead atoms. The van der Waals surface area contributed by atoms with Gasteiger partial charge in [-0.05, 0) is 26.0 Å². The van der Waals surface area contributed by atoms with Gasteiger partial charge in [-0.1, -0.05) is 0 Å². The Kier molecular flexibility index (Phi) is 3.46. The van der Waals surface area contributed by atoms with Gasteiger partial charge < -0.3 is 10.4 Å². The van der Waals surface area contributed by atoms with Gasteiger partial charge in [0.1, 0.15) is 11.1 Å². The molecular weight excluding hydrogens is 281 g/mol. The van der Waals surface area contributed by atoms with E-state index in [9.17, 15) is 19.3 Å². The normalized spacial score (nSPS) is 11.4. The zero-order valence-corrected chi connectivity index (χ0v) is 11.3. The SMILES string of the molecule is CC(C)(Nc1c(F)cc([N+](=O)[O-])c2cccnc12)C(=O)O. The molecule has 1 aromatic heterocycles. The number of aliphatic carboxylic acids is 1. The third kappa shape index (κ3) is 2.60. The number of pyridine rings is 1. The van der Waals surface area contributed by atoms with Crippen LogP contribution < -0.4 is 5.32 Å². The lowest BCUT2D eigenvalue weighted by Gasteiger charge is -2.23. The Bertz CT molecular complexity index is 746. The van der Waals surface area contributed by atoms with E-state index in [0.717, 1.165) is 6.07 Å². The number of carboxylic acids is 1. The van der Waals surface area contributed by atoms with Gasteiger partial charge in [-0.25, -0.2) is 9.18 Å². The second-order valence-corrected chi connectivity index (χ2v) is 4.96. The second-order valence-electron chi connectivity index (χ2n) is 4.96. The number of hydrogen-bond acceptors (Lipinski definition) is 5. The number of hydrogen-bond donors (Lipinski definition) is 2. The first-order valence-corrected chi connectivity index (χ1v) is 5.97. The molecular formula is C13H12FN3O4. The number of nitrogens with one attached hydrogen (secondary N) is 1. The lowest BCUT2D eigenvalue weighted by molar-refractivity contribution is -0.383. The van der Waals surface area contributed by atoms with Crippen molar-refractivity contribution in [2.45, 2.75) is 19.4 Å². The van der Waals surface area contributed by atoms with E-state index >= 15 is 0 Å². The van der Waals surface area contributed by atoms with E-state index in [0.29, 0.717) is 0 Å². The van der Waals surface area contributed by atoms with E-state index in [1.165, 1.54) is 32.2 Å². The highest BCUT2D eigenvalue weighted by atomic mass is 19.1. The van der Waals surface area contributed by atoms with Crippen LogP contribution in [0.2, 0.25) is 0 Å². The molecule has 2 N–H and O–H groups in total. The van der Waals surface area contributed by atoms with Gasteiger partial charge in [0.2, 0.25) is 0 Å². The van der Waals surface area contributed by atoms with Crippen LogP contribution in [0.3, 0.4) is 0 Å². The molecule has 0 atom stereocenters. The predicted molar refractivity (Wildman–Crippen MR) is 73.7 cm³/mol. The highest BCUT2D eigenvalue weighted by Gasteiger charge is 2.30. The standard InChI is InChI=1S/C13H12FN3O4/c1-13(2,12(18)19)16-11-8(14)6-9(17(20)21)7-4-3-5-15-10(7)11/h3-6,16H,1-2H3,(H,18,19). The number of rotatable bonds is 4. The summed E-state index contributed by atoms with van der Waals surface area (Å²) in [5.74, 6) is -2.12. The fourth-order valence-corrected chi connectivity index (χ4v) is 1.83. The highest BCUT2D eigenvalue weighted by molar-refractivity contribution is 5.98. The molecule has 0 amide bonds. The van der Waals surface area contributed by atoms with Gasteiger partial charge in [-0.2, -0.15) is 0 Å². The molecule has 2 aromatic rings. The van der Waals surface area contributed by atoms with Crippen molar-refractivity contribution in [1.29, 1.82) is 0 Å². The van der Waals surface area contributed by atoms with Gasteiger partial charge in [0, 0.05) is 6.20 Å². The molecule has 0 saturated heterocycles. The Balaban J connectivity index is 2.71. The molecule has 21 heavy (non-hydrogen) atoms. The van der Waals surface area contributed by atoms with Crippen LogP contribution in [-0.2, 0) is 4.79 Å². The van der Waals surface area contributed by atoms with Crippen molar-refractivity contribution >= 4 is 28.2 Å². The fraction of sp³-hybridized carbons (Fsp3) is 0.231. The number of nitro groups is 1. The van der Waals surface area contributed by atoms with Gasteiger partial charge in [0.15, 0.2) is 5.82 Å². The van der Waals surface area contributed by atoms with E-state index in [4.69, 9.17) is 5.11 Å². The number of aromatic nitrogens is 1. The van der Waals surface area contributed by atoms with Gasteiger partial charge in [-0.15, -0.1) is 0 Å². The predicted octanol–water partition coefficient (Wildman–Crippen LogP) is 2.56. The molecule has 8 heteroatoms. The summed E-state index contributed by atoms with van der Waals surface area (Å²) >= 11 is 0. The number of carboxylic acid groups (broad SMARTS) is 1. The Morgan fingerprint density at radius 3 is 2.76 bits per heavy atom. The summed E-state index contributed by atoms with van der Waals surface area (Å²) in [6.45, 7) is 2.70. The molecule has 0 aliphatic rings. The van der Waals surface area contributed by atoms with Crippen LogP contribution in [0.5, 0.6) is 0 Å². The first-order chi connectivity index (χ1) is 9.74. The monoisotopic (exact) mass is 293 g/mol. The maximum absolute atomic E-state index is 14.1. The molecule has 1 aromatic carbocycles. The van der Waals surface area contributed by atoms with Crippen molar-refractivity contribution in [3.05, 3.63) is 40.3 Å². The molecule has 0 unspecified atom stereocenters. The average Bonchev–Trinajstić information content (AvgIpc) is 2.41. The number of nitrogens with zero attached hydrogens (tertiary/aromatic N) is 2. The van der Waals surface area contributed by atoms with E-state index in [1.54, 1.807) is 0 Å². The Hall–Kier alpha value is -2.77. The molecule has 2 rings (SSSR count). The number of nitro benzene ring substituents is 1. The zero-order valence-electron chi connectivity index (χ0n) is 11.3. The van der Waals surface area contributed by atoms with E-state index in [1.807, 2.05) is 0 Å². The maximum atomic E-state index is 14.1. The van der Waals surface area contributed by atoms with Crippen molar-refractivity contribution in [1.82, 2.24) is 4.98 Å².